The Hall–Kier alpha value is -3.33. The second kappa shape index (κ2) is 7.50. The quantitative estimate of drug-likeness (QED) is 0.536. The Balaban J connectivity index is 1.58. The van der Waals surface area contributed by atoms with E-state index in [1.165, 1.54) is 12.1 Å². The highest BCUT2D eigenvalue weighted by atomic mass is 19.1. The summed E-state index contributed by atoms with van der Waals surface area (Å²) in [6, 6.07) is 9.84. The monoisotopic (exact) mass is 368 g/mol. The van der Waals surface area contributed by atoms with Gasteiger partial charge in [-0.25, -0.2) is 9.37 Å². The lowest BCUT2D eigenvalue weighted by Gasteiger charge is -2.09. The van der Waals surface area contributed by atoms with Gasteiger partial charge in [-0.1, -0.05) is 5.16 Å². The second-order valence-electron chi connectivity index (χ2n) is 5.84. The lowest BCUT2D eigenvalue weighted by Crippen LogP contribution is -2.08. The predicted octanol–water partition coefficient (Wildman–Crippen LogP) is 2.72. The standard InChI is InChI=1S/C18H17FN6O2/c1-26-9-7-18-23-15(24-27-18)11-20-17-10-14(12-2-4-13(19)5-3-12)22-16-6-8-21-25(16)17/h2-6,8,10,20H,7,9,11H2,1H3. The van der Waals surface area contributed by atoms with E-state index >= 15 is 0 Å². The van der Waals surface area contributed by atoms with E-state index in [-0.39, 0.29) is 5.82 Å². The molecule has 0 atom stereocenters. The molecule has 27 heavy (non-hydrogen) atoms. The number of benzene rings is 1. The molecule has 138 valence electrons. The first kappa shape index (κ1) is 17.1. The fourth-order valence-corrected chi connectivity index (χ4v) is 2.63. The third-order valence-corrected chi connectivity index (χ3v) is 3.96. The first-order chi connectivity index (χ1) is 13.2. The molecule has 0 aliphatic carbocycles. The van der Waals surface area contributed by atoms with Crippen molar-refractivity contribution in [3.05, 3.63) is 60.1 Å². The van der Waals surface area contributed by atoms with E-state index in [4.69, 9.17) is 9.26 Å². The van der Waals surface area contributed by atoms with Crippen LogP contribution in [-0.2, 0) is 17.7 Å². The molecule has 1 aromatic carbocycles. The summed E-state index contributed by atoms with van der Waals surface area (Å²) in [4.78, 5) is 8.88. The summed E-state index contributed by atoms with van der Waals surface area (Å²) >= 11 is 0. The number of halogens is 1. The topological polar surface area (TPSA) is 90.4 Å². The summed E-state index contributed by atoms with van der Waals surface area (Å²) in [5.74, 6) is 1.48. The number of ether oxygens (including phenoxy) is 1. The molecule has 0 radical (unpaired) electrons. The average Bonchev–Trinajstić information content (AvgIpc) is 3.34. The van der Waals surface area contributed by atoms with Crippen LogP contribution in [0.15, 0.2) is 47.1 Å². The molecule has 0 amide bonds. The van der Waals surface area contributed by atoms with E-state index < -0.39 is 0 Å². The van der Waals surface area contributed by atoms with Crippen molar-refractivity contribution < 1.29 is 13.7 Å². The molecule has 0 aliphatic rings. The average molecular weight is 368 g/mol. The van der Waals surface area contributed by atoms with E-state index in [1.54, 1.807) is 36.0 Å². The van der Waals surface area contributed by atoms with Gasteiger partial charge < -0.3 is 14.6 Å². The van der Waals surface area contributed by atoms with Crippen LogP contribution in [0.25, 0.3) is 16.9 Å². The van der Waals surface area contributed by atoms with Crippen LogP contribution in [0, 0.1) is 5.82 Å². The van der Waals surface area contributed by atoms with Crippen LogP contribution < -0.4 is 5.32 Å². The van der Waals surface area contributed by atoms with Crippen LogP contribution in [0.3, 0.4) is 0 Å². The Morgan fingerprint density at radius 2 is 2.04 bits per heavy atom. The van der Waals surface area contributed by atoms with Gasteiger partial charge in [0.15, 0.2) is 11.5 Å². The molecule has 4 rings (SSSR count). The van der Waals surface area contributed by atoms with E-state index in [1.807, 2.05) is 6.07 Å². The van der Waals surface area contributed by atoms with Crippen molar-refractivity contribution in [2.45, 2.75) is 13.0 Å². The highest BCUT2D eigenvalue weighted by Crippen LogP contribution is 2.22. The number of aromatic nitrogens is 5. The lowest BCUT2D eigenvalue weighted by molar-refractivity contribution is 0.192. The Labute approximate surface area is 154 Å². The Morgan fingerprint density at radius 1 is 1.19 bits per heavy atom. The third-order valence-electron chi connectivity index (χ3n) is 3.96. The maximum atomic E-state index is 13.2. The van der Waals surface area contributed by atoms with Gasteiger partial charge in [0.25, 0.3) is 0 Å². The van der Waals surface area contributed by atoms with Gasteiger partial charge in [-0.05, 0) is 24.3 Å². The van der Waals surface area contributed by atoms with Crippen LogP contribution in [0.5, 0.6) is 0 Å². The molecule has 0 saturated heterocycles. The number of nitrogens with zero attached hydrogens (tertiary/aromatic N) is 5. The Kier molecular flexibility index (Phi) is 4.75. The number of methoxy groups -OCH3 is 1. The van der Waals surface area contributed by atoms with Crippen LogP contribution in [0.4, 0.5) is 10.2 Å². The lowest BCUT2D eigenvalue weighted by atomic mass is 10.1. The zero-order valence-electron chi connectivity index (χ0n) is 14.6. The minimum absolute atomic E-state index is 0.288. The Bertz CT molecular complexity index is 1040. The van der Waals surface area contributed by atoms with Gasteiger partial charge in [0.2, 0.25) is 5.89 Å². The van der Waals surface area contributed by atoms with Crippen LogP contribution in [0.2, 0.25) is 0 Å². The summed E-state index contributed by atoms with van der Waals surface area (Å²) in [7, 11) is 1.62. The van der Waals surface area contributed by atoms with Crippen molar-refractivity contribution in [3.8, 4) is 11.3 Å². The zero-order valence-corrected chi connectivity index (χ0v) is 14.6. The number of nitrogens with one attached hydrogen (secondary N) is 1. The fraction of sp³-hybridized carbons (Fsp3) is 0.222. The van der Waals surface area contributed by atoms with Gasteiger partial charge in [0.1, 0.15) is 11.6 Å². The summed E-state index contributed by atoms with van der Waals surface area (Å²) in [5, 5.41) is 11.5. The maximum absolute atomic E-state index is 13.2. The summed E-state index contributed by atoms with van der Waals surface area (Å²) < 4.78 is 25.1. The molecule has 0 spiro atoms. The molecule has 0 unspecified atom stereocenters. The van der Waals surface area contributed by atoms with Gasteiger partial charge >= 0.3 is 0 Å². The third kappa shape index (κ3) is 3.77. The predicted molar refractivity (Wildman–Crippen MR) is 95.6 cm³/mol. The van der Waals surface area contributed by atoms with Crippen molar-refractivity contribution in [2.75, 3.05) is 19.0 Å². The van der Waals surface area contributed by atoms with Gasteiger partial charge in [0, 0.05) is 24.8 Å². The van der Waals surface area contributed by atoms with Crippen LogP contribution in [-0.4, -0.2) is 38.5 Å². The number of hydrogen-bond donors (Lipinski definition) is 1. The SMILES string of the molecule is COCCc1nc(CNc2cc(-c3ccc(F)cc3)nc3ccnn23)no1. The van der Waals surface area contributed by atoms with Crippen molar-refractivity contribution in [1.29, 1.82) is 0 Å². The molecular formula is C18H17FN6O2. The fourth-order valence-electron chi connectivity index (χ4n) is 2.63. The van der Waals surface area contributed by atoms with Crippen LogP contribution >= 0.6 is 0 Å². The molecule has 0 aliphatic heterocycles. The maximum Gasteiger partial charge on any atom is 0.229 e. The Morgan fingerprint density at radius 3 is 2.85 bits per heavy atom. The van der Waals surface area contributed by atoms with E-state index in [9.17, 15) is 4.39 Å². The molecule has 8 nitrogen and oxygen atoms in total. The second-order valence-corrected chi connectivity index (χ2v) is 5.84. The molecule has 0 bridgehead atoms. The van der Waals surface area contributed by atoms with Crippen molar-refractivity contribution in [3.63, 3.8) is 0 Å². The highest BCUT2D eigenvalue weighted by Gasteiger charge is 2.11. The highest BCUT2D eigenvalue weighted by molar-refractivity contribution is 5.66. The summed E-state index contributed by atoms with van der Waals surface area (Å²) in [6.45, 7) is 0.882. The van der Waals surface area contributed by atoms with E-state index in [2.05, 4.69) is 25.5 Å². The van der Waals surface area contributed by atoms with Crippen molar-refractivity contribution >= 4 is 11.5 Å². The number of anilines is 1. The van der Waals surface area contributed by atoms with E-state index in [0.29, 0.717) is 48.4 Å². The normalized spacial score (nSPS) is 11.2. The summed E-state index contributed by atoms with van der Waals surface area (Å²) in [6.07, 6.45) is 2.23. The first-order valence-electron chi connectivity index (χ1n) is 8.38. The van der Waals surface area contributed by atoms with Gasteiger partial charge in [-0.15, -0.1) is 0 Å². The van der Waals surface area contributed by atoms with Crippen molar-refractivity contribution in [2.24, 2.45) is 0 Å². The first-order valence-corrected chi connectivity index (χ1v) is 8.38. The molecule has 0 saturated carbocycles. The number of fused-ring (bicyclic) bond motifs is 1. The van der Waals surface area contributed by atoms with E-state index in [0.717, 1.165) is 5.56 Å². The van der Waals surface area contributed by atoms with Gasteiger partial charge in [0.05, 0.1) is 31.5 Å². The molecular weight excluding hydrogens is 351 g/mol. The minimum Gasteiger partial charge on any atom is -0.384 e. The zero-order chi connectivity index (χ0) is 18.6. The molecule has 1 N–H and O–H groups in total. The summed E-state index contributed by atoms with van der Waals surface area (Å²) in [5.41, 5.74) is 2.19. The molecule has 0 fully saturated rings. The molecule has 9 heteroatoms. The molecule has 3 heterocycles. The van der Waals surface area contributed by atoms with Crippen molar-refractivity contribution in [1.82, 2.24) is 24.7 Å². The number of hydrogen-bond acceptors (Lipinski definition) is 7. The number of rotatable bonds is 7. The molecule has 3 aromatic heterocycles. The minimum atomic E-state index is -0.288. The largest absolute Gasteiger partial charge is 0.384 e. The smallest absolute Gasteiger partial charge is 0.229 e. The van der Waals surface area contributed by atoms with Crippen LogP contribution in [0.1, 0.15) is 11.7 Å². The van der Waals surface area contributed by atoms with Gasteiger partial charge in [-0.3, -0.25) is 0 Å². The molecule has 4 aromatic rings. The van der Waals surface area contributed by atoms with Gasteiger partial charge in [-0.2, -0.15) is 14.6 Å².